The Morgan fingerprint density at radius 2 is 1.81 bits per heavy atom. The lowest BCUT2D eigenvalue weighted by atomic mass is 10.1. The molecule has 1 unspecified atom stereocenters. The number of halogens is 1. The van der Waals surface area contributed by atoms with Crippen LogP contribution in [0.25, 0.3) is 5.82 Å². The fraction of sp³-hybridized carbons (Fsp3) is 0.250. The molecule has 2 heterocycles. The average molecular weight is 352 g/mol. The van der Waals surface area contributed by atoms with Crippen LogP contribution in [0, 0.1) is 26.6 Å². The van der Waals surface area contributed by atoms with Crippen molar-refractivity contribution >= 4 is 5.91 Å². The molecule has 1 aromatic carbocycles. The van der Waals surface area contributed by atoms with E-state index >= 15 is 0 Å². The molecule has 0 saturated carbocycles. The minimum atomic E-state index is -0.300. The summed E-state index contributed by atoms with van der Waals surface area (Å²) in [6.07, 6.45) is 1.54. The number of nitrogens with one attached hydrogen (secondary N) is 1. The van der Waals surface area contributed by atoms with Crippen LogP contribution in [-0.2, 0) is 0 Å². The highest BCUT2D eigenvalue weighted by molar-refractivity contribution is 5.94. The van der Waals surface area contributed by atoms with Crippen molar-refractivity contribution in [3.8, 4) is 5.82 Å². The number of hydrogen-bond donors (Lipinski definition) is 1. The van der Waals surface area contributed by atoms with E-state index in [0.717, 1.165) is 22.5 Å². The van der Waals surface area contributed by atoms with Gasteiger partial charge in [0.25, 0.3) is 5.91 Å². The Balaban J connectivity index is 1.74. The van der Waals surface area contributed by atoms with Crippen molar-refractivity contribution < 1.29 is 9.18 Å². The molecular weight excluding hydrogens is 331 g/mol. The number of aryl methyl sites for hydroxylation is 1. The summed E-state index contributed by atoms with van der Waals surface area (Å²) in [4.78, 5) is 16.8. The van der Waals surface area contributed by atoms with Gasteiger partial charge in [-0.1, -0.05) is 12.1 Å². The van der Waals surface area contributed by atoms with E-state index in [1.54, 1.807) is 28.9 Å². The maximum Gasteiger partial charge on any atom is 0.253 e. The van der Waals surface area contributed by atoms with Crippen LogP contribution in [0.15, 0.2) is 42.6 Å². The van der Waals surface area contributed by atoms with Gasteiger partial charge in [0.1, 0.15) is 5.82 Å². The Bertz CT molecular complexity index is 930. The smallest absolute Gasteiger partial charge is 0.253 e. The molecule has 1 atom stereocenters. The molecule has 2 aromatic heterocycles. The molecule has 0 aliphatic carbocycles. The van der Waals surface area contributed by atoms with Crippen molar-refractivity contribution in [1.29, 1.82) is 0 Å². The lowest BCUT2D eigenvalue weighted by Crippen LogP contribution is -2.26. The third-order valence-corrected chi connectivity index (χ3v) is 4.60. The molecule has 0 aliphatic heterocycles. The second-order valence-electron chi connectivity index (χ2n) is 6.36. The minimum Gasteiger partial charge on any atom is -0.345 e. The summed E-state index contributed by atoms with van der Waals surface area (Å²) in [5.74, 6) is 0.138. The van der Waals surface area contributed by atoms with Crippen LogP contribution < -0.4 is 5.32 Å². The lowest BCUT2D eigenvalue weighted by Gasteiger charge is -2.14. The number of rotatable bonds is 4. The second kappa shape index (κ2) is 7.07. The van der Waals surface area contributed by atoms with Gasteiger partial charge < -0.3 is 5.32 Å². The van der Waals surface area contributed by atoms with E-state index in [2.05, 4.69) is 15.4 Å². The average Bonchev–Trinajstić information content (AvgIpc) is 2.89. The summed E-state index contributed by atoms with van der Waals surface area (Å²) in [6.45, 7) is 7.82. The zero-order valence-electron chi connectivity index (χ0n) is 15.2. The fourth-order valence-corrected chi connectivity index (χ4v) is 2.70. The van der Waals surface area contributed by atoms with Crippen molar-refractivity contribution in [3.63, 3.8) is 0 Å². The third kappa shape index (κ3) is 3.49. The van der Waals surface area contributed by atoms with Gasteiger partial charge in [-0.15, -0.1) is 0 Å². The third-order valence-electron chi connectivity index (χ3n) is 4.60. The molecule has 0 fully saturated rings. The van der Waals surface area contributed by atoms with Crippen molar-refractivity contribution in [2.24, 2.45) is 0 Å². The lowest BCUT2D eigenvalue weighted by molar-refractivity contribution is 0.0939. The maximum absolute atomic E-state index is 13.0. The predicted octanol–water partition coefficient (Wildman–Crippen LogP) is 3.82. The molecule has 3 rings (SSSR count). The summed E-state index contributed by atoms with van der Waals surface area (Å²) >= 11 is 0. The molecule has 0 saturated heterocycles. The summed E-state index contributed by atoms with van der Waals surface area (Å²) in [5.41, 5.74) is 4.40. The Kier molecular flexibility index (Phi) is 4.84. The number of nitrogens with zero attached hydrogens (tertiary/aromatic N) is 3. The normalized spacial score (nSPS) is 12.0. The van der Waals surface area contributed by atoms with Gasteiger partial charge >= 0.3 is 0 Å². The zero-order chi connectivity index (χ0) is 18.8. The number of benzene rings is 1. The highest BCUT2D eigenvalue weighted by Gasteiger charge is 2.14. The highest BCUT2D eigenvalue weighted by atomic mass is 19.1. The molecular formula is C20H21FN4O. The van der Waals surface area contributed by atoms with E-state index < -0.39 is 0 Å². The SMILES string of the molecule is Cc1nn(-c2ccc(C(=O)NC(C)c3ccc(F)cc3)cn2)c(C)c1C. The van der Waals surface area contributed by atoms with E-state index in [1.165, 1.54) is 18.3 Å². The van der Waals surface area contributed by atoms with E-state index in [-0.39, 0.29) is 17.8 Å². The first-order chi connectivity index (χ1) is 12.4. The largest absolute Gasteiger partial charge is 0.345 e. The fourth-order valence-electron chi connectivity index (χ4n) is 2.70. The molecule has 5 nitrogen and oxygen atoms in total. The van der Waals surface area contributed by atoms with E-state index in [0.29, 0.717) is 11.4 Å². The molecule has 1 amide bonds. The molecule has 134 valence electrons. The number of pyridine rings is 1. The van der Waals surface area contributed by atoms with Gasteiger partial charge in [0, 0.05) is 11.9 Å². The van der Waals surface area contributed by atoms with Gasteiger partial charge in [-0.2, -0.15) is 5.10 Å². The number of amides is 1. The molecule has 0 aliphatic rings. The van der Waals surface area contributed by atoms with Gasteiger partial charge in [0.2, 0.25) is 0 Å². The molecule has 0 spiro atoms. The molecule has 0 bridgehead atoms. The quantitative estimate of drug-likeness (QED) is 0.776. The van der Waals surface area contributed by atoms with Crippen LogP contribution >= 0.6 is 0 Å². The van der Waals surface area contributed by atoms with Crippen LogP contribution in [-0.4, -0.2) is 20.7 Å². The minimum absolute atomic E-state index is 0.231. The van der Waals surface area contributed by atoms with Crippen LogP contribution in [0.2, 0.25) is 0 Å². The number of hydrogen-bond acceptors (Lipinski definition) is 3. The Labute approximate surface area is 151 Å². The number of carbonyl (C=O) groups excluding carboxylic acids is 1. The summed E-state index contributed by atoms with van der Waals surface area (Å²) in [6, 6.07) is 9.34. The standard InChI is InChI=1S/C20H21FN4O/c1-12-13(2)24-25(15(12)4)19-10-7-17(11-22-19)20(26)23-14(3)16-5-8-18(21)9-6-16/h5-11,14H,1-4H3,(H,23,26). The van der Waals surface area contributed by atoms with E-state index in [4.69, 9.17) is 0 Å². The number of aromatic nitrogens is 3. The summed E-state index contributed by atoms with van der Waals surface area (Å²) in [7, 11) is 0. The monoisotopic (exact) mass is 352 g/mol. The highest BCUT2D eigenvalue weighted by Crippen LogP contribution is 2.17. The van der Waals surface area contributed by atoms with Crippen molar-refractivity contribution in [3.05, 3.63) is 76.5 Å². The molecule has 3 aromatic rings. The molecule has 0 radical (unpaired) electrons. The first kappa shape index (κ1) is 17.8. The van der Waals surface area contributed by atoms with E-state index in [1.807, 2.05) is 27.7 Å². The van der Waals surface area contributed by atoms with Crippen LogP contribution in [0.4, 0.5) is 4.39 Å². The first-order valence-corrected chi connectivity index (χ1v) is 8.42. The van der Waals surface area contributed by atoms with Crippen molar-refractivity contribution in [1.82, 2.24) is 20.1 Å². The summed E-state index contributed by atoms with van der Waals surface area (Å²) in [5, 5.41) is 7.36. The molecule has 26 heavy (non-hydrogen) atoms. The Hall–Kier alpha value is -3.02. The van der Waals surface area contributed by atoms with Crippen LogP contribution in [0.5, 0.6) is 0 Å². The van der Waals surface area contributed by atoms with Crippen LogP contribution in [0.3, 0.4) is 0 Å². The van der Waals surface area contributed by atoms with E-state index in [9.17, 15) is 9.18 Å². The van der Waals surface area contributed by atoms with Crippen molar-refractivity contribution in [2.45, 2.75) is 33.7 Å². The van der Waals surface area contributed by atoms with Crippen LogP contribution in [0.1, 0.15) is 45.8 Å². The van der Waals surface area contributed by atoms with Gasteiger partial charge in [0.15, 0.2) is 5.82 Å². The van der Waals surface area contributed by atoms with Crippen molar-refractivity contribution in [2.75, 3.05) is 0 Å². The zero-order valence-corrected chi connectivity index (χ0v) is 15.2. The predicted molar refractivity (Wildman–Crippen MR) is 97.9 cm³/mol. The Morgan fingerprint density at radius 1 is 1.12 bits per heavy atom. The second-order valence-corrected chi connectivity index (χ2v) is 6.36. The first-order valence-electron chi connectivity index (χ1n) is 8.42. The van der Waals surface area contributed by atoms with Gasteiger partial charge in [-0.3, -0.25) is 4.79 Å². The number of carbonyl (C=O) groups is 1. The maximum atomic E-state index is 13.0. The van der Waals surface area contributed by atoms with Gasteiger partial charge in [-0.25, -0.2) is 14.1 Å². The topological polar surface area (TPSA) is 59.8 Å². The Morgan fingerprint density at radius 3 is 2.35 bits per heavy atom. The summed E-state index contributed by atoms with van der Waals surface area (Å²) < 4.78 is 14.8. The molecule has 6 heteroatoms. The van der Waals surface area contributed by atoms with Gasteiger partial charge in [0.05, 0.1) is 17.3 Å². The molecule has 1 N–H and O–H groups in total. The van der Waals surface area contributed by atoms with Gasteiger partial charge in [-0.05, 0) is 63.1 Å².